The quantitative estimate of drug-likeness (QED) is 0.812. The van der Waals surface area contributed by atoms with Gasteiger partial charge in [0.15, 0.2) is 0 Å². The summed E-state index contributed by atoms with van der Waals surface area (Å²) < 4.78 is 2.14. The predicted molar refractivity (Wildman–Crippen MR) is 85.4 cm³/mol. The highest BCUT2D eigenvalue weighted by molar-refractivity contribution is 6.42. The van der Waals surface area contributed by atoms with Crippen molar-refractivity contribution in [1.29, 1.82) is 0 Å². The second-order valence-corrected chi connectivity index (χ2v) is 6.83. The number of hydrogen-bond acceptors (Lipinski definition) is 2. The molecule has 3 rings (SSSR count). The van der Waals surface area contributed by atoms with Gasteiger partial charge in [0.2, 0.25) is 5.95 Å². The molecule has 20 heavy (non-hydrogen) atoms. The fourth-order valence-electron chi connectivity index (χ4n) is 3.25. The summed E-state index contributed by atoms with van der Waals surface area (Å²) in [7, 11) is 0. The van der Waals surface area contributed by atoms with Crippen molar-refractivity contribution < 1.29 is 0 Å². The second kappa shape index (κ2) is 5.12. The normalized spacial score (nSPS) is 27.1. The molecule has 0 spiro atoms. The Hall–Kier alpha value is -0.930. The second-order valence-electron chi connectivity index (χ2n) is 6.02. The largest absolute Gasteiger partial charge is 0.369 e. The summed E-state index contributed by atoms with van der Waals surface area (Å²) in [6, 6.07) is 4.08. The number of rotatable bonds is 1. The van der Waals surface area contributed by atoms with E-state index in [9.17, 15) is 0 Å². The minimum atomic E-state index is 0.406. The molecular formula is C15H19Cl2N3. The van der Waals surface area contributed by atoms with Gasteiger partial charge in [0.1, 0.15) is 0 Å². The smallest absolute Gasteiger partial charge is 0.201 e. The molecule has 1 aliphatic rings. The number of benzene rings is 1. The fraction of sp³-hybridized carbons (Fsp3) is 0.533. The molecule has 3 unspecified atom stereocenters. The summed E-state index contributed by atoms with van der Waals surface area (Å²) in [5.41, 5.74) is 7.94. The van der Waals surface area contributed by atoms with Gasteiger partial charge in [-0.15, -0.1) is 0 Å². The average molecular weight is 312 g/mol. The van der Waals surface area contributed by atoms with Crippen molar-refractivity contribution in [3.05, 3.63) is 22.2 Å². The van der Waals surface area contributed by atoms with Crippen LogP contribution in [-0.4, -0.2) is 9.55 Å². The Morgan fingerprint density at radius 3 is 2.55 bits per heavy atom. The molecule has 3 nitrogen and oxygen atoms in total. The van der Waals surface area contributed by atoms with Crippen molar-refractivity contribution in [2.75, 3.05) is 5.73 Å². The molecule has 1 aromatic carbocycles. The van der Waals surface area contributed by atoms with Gasteiger partial charge in [-0.3, -0.25) is 0 Å². The zero-order valence-electron chi connectivity index (χ0n) is 11.7. The van der Waals surface area contributed by atoms with Gasteiger partial charge in [0.05, 0.1) is 21.1 Å². The number of anilines is 1. The Balaban J connectivity index is 2.07. The molecular weight excluding hydrogens is 293 g/mol. The third-order valence-corrected chi connectivity index (χ3v) is 5.42. The Morgan fingerprint density at radius 1 is 1.15 bits per heavy atom. The number of aromatic nitrogens is 2. The Kier molecular flexibility index (Phi) is 3.59. The summed E-state index contributed by atoms with van der Waals surface area (Å²) in [6.45, 7) is 4.64. The number of imidazole rings is 1. The summed E-state index contributed by atoms with van der Waals surface area (Å²) in [6.07, 6.45) is 3.50. The van der Waals surface area contributed by atoms with Crippen molar-refractivity contribution in [3.8, 4) is 0 Å². The van der Waals surface area contributed by atoms with Gasteiger partial charge in [0.25, 0.3) is 0 Å². The van der Waals surface area contributed by atoms with E-state index in [4.69, 9.17) is 28.9 Å². The van der Waals surface area contributed by atoms with Crippen LogP contribution in [0.4, 0.5) is 5.95 Å². The molecule has 3 atom stereocenters. The van der Waals surface area contributed by atoms with Crippen LogP contribution in [-0.2, 0) is 0 Å². The molecule has 5 heteroatoms. The fourth-order valence-corrected chi connectivity index (χ4v) is 3.56. The summed E-state index contributed by atoms with van der Waals surface area (Å²) in [5.74, 6) is 2.04. The first-order valence-electron chi connectivity index (χ1n) is 7.09. The topological polar surface area (TPSA) is 43.8 Å². The van der Waals surface area contributed by atoms with Crippen molar-refractivity contribution in [3.63, 3.8) is 0 Å². The maximum Gasteiger partial charge on any atom is 0.201 e. The lowest BCUT2D eigenvalue weighted by Gasteiger charge is -2.33. The number of hydrogen-bond donors (Lipinski definition) is 1. The molecule has 2 N–H and O–H groups in total. The lowest BCUT2D eigenvalue weighted by molar-refractivity contribution is 0.215. The van der Waals surface area contributed by atoms with Crippen LogP contribution >= 0.6 is 23.2 Å². The molecule has 1 aromatic heterocycles. The zero-order chi connectivity index (χ0) is 14.4. The molecule has 1 heterocycles. The Bertz CT molecular complexity index is 650. The number of halogens is 2. The van der Waals surface area contributed by atoms with Gasteiger partial charge < -0.3 is 10.3 Å². The van der Waals surface area contributed by atoms with E-state index < -0.39 is 0 Å². The third-order valence-electron chi connectivity index (χ3n) is 4.69. The highest BCUT2D eigenvalue weighted by Gasteiger charge is 2.28. The van der Waals surface area contributed by atoms with Crippen LogP contribution in [0.5, 0.6) is 0 Å². The van der Waals surface area contributed by atoms with Crippen LogP contribution in [0.1, 0.15) is 39.2 Å². The molecule has 1 fully saturated rings. The first-order valence-corrected chi connectivity index (χ1v) is 7.85. The van der Waals surface area contributed by atoms with E-state index in [2.05, 4.69) is 23.4 Å². The van der Waals surface area contributed by atoms with Crippen LogP contribution in [0.25, 0.3) is 11.0 Å². The van der Waals surface area contributed by atoms with E-state index in [0.29, 0.717) is 28.0 Å². The molecule has 1 saturated carbocycles. The molecule has 1 aliphatic carbocycles. The Labute approximate surface area is 129 Å². The number of nitrogens with zero attached hydrogens (tertiary/aromatic N) is 2. The SMILES string of the molecule is CC1CCC(n2c(N)nc3cc(Cl)c(Cl)cc32)CC1C. The lowest BCUT2D eigenvalue weighted by atomic mass is 9.79. The summed E-state index contributed by atoms with van der Waals surface area (Å²) in [4.78, 5) is 4.43. The maximum absolute atomic E-state index is 6.15. The molecule has 0 aliphatic heterocycles. The Morgan fingerprint density at radius 2 is 1.85 bits per heavy atom. The van der Waals surface area contributed by atoms with Crippen LogP contribution in [0, 0.1) is 11.8 Å². The van der Waals surface area contributed by atoms with E-state index in [1.54, 1.807) is 6.07 Å². The van der Waals surface area contributed by atoms with Crippen molar-refractivity contribution in [1.82, 2.24) is 9.55 Å². The molecule has 108 valence electrons. The summed E-state index contributed by atoms with van der Waals surface area (Å²) >= 11 is 12.2. The average Bonchev–Trinajstić information content (AvgIpc) is 2.69. The molecule has 0 radical (unpaired) electrons. The first-order chi connectivity index (χ1) is 9.47. The van der Waals surface area contributed by atoms with Gasteiger partial charge in [0, 0.05) is 6.04 Å². The molecule has 2 aromatic rings. The standard InChI is InChI=1S/C15H19Cl2N3/c1-8-3-4-10(5-9(8)2)20-14-7-12(17)11(16)6-13(14)19-15(20)18/h6-10H,3-5H2,1-2H3,(H2,18,19). The van der Waals surface area contributed by atoms with Gasteiger partial charge in [-0.2, -0.15) is 0 Å². The van der Waals surface area contributed by atoms with Crippen LogP contribution in [0.15, 0.2) is 12.1 Å². The van der Waals surface area contributed by atoms with E-state index in [0.717, 1.165) is 29.8 Å². The molecule has 0 amide bonds. The van der Waals surface area contributed by atoms with Gasteiger partial charge >= 0.3 is 0 Å². The van der Waals surface area contributed by atoms with E-state index in [-0.39, 0.29) is 0 Å². The zero-order valence-corrected chi connectivity index (χ0v) is 13.2. The molecule has 0 saturated heterocycles. The monoisotopic (exact) mass is 311 g/mol. The minimum Gasteiger partial charge on any atom is -0.369 e. The van der Waals surface area contributed by atoms with Crippen molar-refractivity contribution in [2.24, 2.45) is 11.8 Å². The number of nitrogen functional groups attached to an aromatic ring is 1. The number of nitrogens with two attached hydrogens (primary N) is 1. The highest BCUT2D eigenvalue weighted by Crippen LogP contribution is 2.40. The van der Waals surface area contributed by atoms with Gasteiger partial charge in [-0.05, 0) is 43.2 Å². The summed E-state index contributed by atoms with van der Waals surface area (Å²) in [5, 5.41) is 1.08. The first kappa shape index (κ1) is 14.0. The van der Waals surface area contributed by atoms with Crippen molar-refractivity contribution >= 4 is 40.2 Å². The van der Waals surface area contributed by atoms with Crippen LogP contribution in [0.3, 0.4) is 0 Å². The van der Waals surface area contributed by atoms with E-state index in [1.807, 2.05) is 6.07 Å². The predicted octanol–water partition coefficient (Wildman–Crippen LogP) is 4.92. The number of fused-ring (bicyclic) bond motifs is 1. The van der Waals surface area contributed by atoms with Gasteiger partial charge in [-0.25, -0.2) is 4.98 Å². The lowest BCUT2D eigenvalue weighted by Crippen LogP contribution is -2.24. The maximum atomic E-state index is 6.15. The van der Waals surface area contributed by atoms with Crippen LogP contribution in [0.2, 0.25) is 10.0 Å². The minimum absolute atomic E-state index is 0.406. The van der Waals surface area contributed by atoms with E-state index in [1.165, 1.54) is 6.42 Å². The van der Waals surface area contributed by atoms with Gasteiger partial charge in [-0.1, -0.05) is 37.0 Å². The third kappa shape index (κ3) is 2.27. The van der Waals surface area contributed by atoms with E-state index >= 15 is 0 Å². The highest BCUT2D eigenvalue weighted by atomic mass is 35.5. The molecule has 0 bridgehead atoms. The van der Waals surface area contributed by atoms with Crippen LogP contribution < -0.4 is 5.73 Å². The van der Waals surface area contributed by atoms with Crippen molar-refractivity contribution in [2.45, 2.75) is 39.2 Å².